The van der Waals surface area contributed by atoms with Gasteiger partial charge in [-0.15, -0.1) is 17.0 Å². The number of nitrogens with zero attached hydrogens (tertiary/aromatic N) is 1. The molecule has 0 aliphatic carbocycles. The minimum absolute atomic E-state index is 0. The molecule has 0 radical (unpaired) electrons. The number of amidine groups is 1. The van der Waals surface area contributed by atoms with Crippen LogP contribution in [-0.2, 0) is 17.3 Å². The minimum atomic E-state index is -0.276. The van der Waals surface area contributed by atoms with Crippen LogP contribution < -0.4 is 0 Å². The van der Waals surface area contributed by atoms with Crippen LogP contribution in [0.15, 0.2) is 42.5 Å². The van der Waals surface area contributed by atoms with Crippen LogP contribution in [0.3, 0.4) is 0 Å². The predicted molar refractivity (Wildman–Crippen MR) is 138 cm³/mol. The van der Waals surface area contributed by atoms with Crippen LogP contribution in [0, 0.1) is 11.3 Å². The maximum atomic E-state index is 13.3. The van der Waals surface area contributed by atoms with Gasteiger partial charge in [-0.05, 0) is 41.4 Å². The highest BCUT2D eigenvalue weighted by Gasteiger charge is 2.31. The van der Waals surface area contributed by atoms with Crippen LogP contribution in [0.4, 0.5) is 0 Å². The molecule has 3 rings (SSSR count). The summed E-state index contributed by atoms with van der Waals surface area (Å²) in [5.74, 6) is 1.00. The zero-order valence-corrected chi connectivity index (χ0v) is 21.9. The number of halogens is 1. The molecular weight excluding hydrogens is 464 g/mol. The van der Waals surface area contributed by atoms with Crippen molar-refractivity contribution >= 4 is 28.6 Å². The Hall–Kier alpha value is -2.14. The molecule has 32 heavy (non-hydrogen) atoms. The molecule has 5 heteroatoms. The summed E-state index contributed by atoms with van der Waals surface area (Å²) < 4.78 is 0. The first-order valence-electron chi connectivity index (χ1n) is 11.2. The minimum Gasteiger partial charge on any atom is -0.507 e. The Kier molecular flexibility index (Phi) is 7.98. The molecule has 1 saturated heterocycles. The quantitative estimate of drug-likeness (QED) is 0.474. The summed E-state index contributed by atoms with van der Waals surface area (Å²) in [5, 5.41) is 19.5. The third-order valence-electron chi connectivity index (χ3n) is 6.18. The molecule has 174 valence electrons. The number of hydrogen-bond donors (Lipinski definition) is 2. The van der Waals surface area contributed by atoms with Crippen molar-refractivity contribution in [2.24, 2.45) is 5.92 Å². The largest absolute Gasteiger partial charge is 0.507 e. The number of ketones is 1. The van der Waals surface area contributed by atoms with E-state index in [0.29, 0.717) is 11.4 Å². The molecule has 0 bridgehead atoms. The van der Waals surface area contributed by atoms with Crippen molar-refractivity contribution in [3.63, 3.8) is 0 Å². The topological polar surface area (TPSA) is 64.4 Å². The van der Waals surface area contributed by atoms with Gasteiger partial charge in [-0.1, -0.05) is 71.9 Å². The van der Waals surface area contributed by atoms with Crippen LogP contribution in [0.1, 0.15) is 75.0 Å². The summed E-state index contributed by atoms with van der Waals surface area (Å²) in [6, 6.07) is 13.9. The third kappa shape index (κ3) is 5.80. The van der Waals surface area contributed by atoms with Gasteiger partial charge in [0.1, 0.15) is 5.75 Å². The van der Waals surface area contributed by atoms with Crippen molar-refractivity contribution in [3.8, 4) is 5.75 Å². The van der Waals surface area contributed by atoms with Gasteiger partial charge in [0.2, 0.25) is 0 Å². The molecule has 4 nitrogen and oxygen atoms in total. The Morgan fingerprint density at radius 3 is 2.06 bits per heavy atom. The molecule has 0 aromatic heterocycles. The van der Waals surface area contributed by atoms with Crippen molar-refractivity contribution in [2.75, 3.05) is 13.1 Å². The molecule has 2 aromatic carbocycles. The van der Waals surface area contributed by atoms with Gasteiger partial charge < -0.3 is 10.0 Å². The molecule has 0 spiro atoms. The van der Waals surface area contributed by atoms with E-state index in [2.05, 4.69) is 12.1 Å². The number of phenolic OH excluding ortho intramolecular Hbond substituents is 1. The second-order valence-corrected chi connectivity index (χ2v) is 10.8. The average molecular weight is 502 g/mol. The lowest BCUT2D eigenvalue weighted by atomic mass is 9.78. The Morgan fingerprint density at radius 1 is 1.03 bits per heavy atom. The molecule has 1 aliphatic rings. The molecular formula is C27H37BrN2O2. The normalized spacial score (nSPS) is 16.8. The number of carbonyl (C=O) groups excluding carboxylic acids is 1. The van der Waals surface area contributed by atoms with E-state index in [9.17, 15) is 9.90 Å². The highest BCUT2D eigenvalue weighted by molar-refractivity contribution is 8.93. The zero-order chi connectivity index (χ0) is 23.0. The maximum absolute atomic E-state index is 13.3. The number of Topliss-reactive ketones (excluding diaryl/α,β-unsaturated/α-hetero) is 1. The maximum Gasteiger partial charge on any atom is 0.182 e. The summed E-state index contributed by atoms with van der Waals surface area (Å²) in [7, 11) is 0. The number of likely N-dealkylation sites (tertiary alicyclic amines) is 1. The van der Waals surface area contributed by atoms with E-state index < -0.39 is 0 Å². The number of aromatic hydroxyl groups is 1. The molecule has 1 aliphatic heterocycles. The van der Waals surface area contributed by atoms with Crippen molar-refractivity contribution in [1.82, 2.24) is 4.90 Å². The van der Waals surface area contributed by atoms with Crippen molar-refractivity contribution in [3.05, 3.63) is 64.7 Å². The molecule has 1 unspecified atom stereocenters. The fourth-order valence-corrected chi connectivity index (χ4v) is 4.29. The molecule has 2 N–H and O–H groups in total. The second kappa shape index (κ2) is 9.78. The fourth-order valence-electron chi connectivity index (χ4n) is 4.29. The lowest BCUT2D eigenvalue weighted by Crippen LogP contribution is -2.33. The fraction of sp³-hybridized carbons (Fsp3) is 0.481. The lowest BCUT2D eigenvalue weighted by molar-refractivity contribution is 0.0965. The Bertz CT molecular complexity index is 936. The SMILES string of the molecule is Br.CC(C)(C)c1cc(C(=O)CN2CCC(Cc3ccccc3)C2=N)cc(C(C)(C)C)c1O. The number of carbonyl (C=O) groups is 1. The van der Waals surface area contributed by atoms with Gasteiger partial charge in [-0.25, -0.2) is 0 Å². The summed E-state index contributed by atoms with van der Waals surface area (Å²) in [6.07, 6.45) is 1.74. The summed E-state index contributed by atoms with van der Waals surface area (Å²) in [5.41, 5.74) is 2.88. The molecule has 0 saturated carbocycles. The Balaban J connectivity index is 0.00000363. The average Bonchev–Trinajstić information content (AvgIpc) is 3.00. The monoisotopic (exact) mass is 500 g/mol. The van der Waals surface area contributed by atoms with E-state index in [0.717, 1.165) is 30.5 Å². The van der Waals surface area contributed by atoms with E-state index in [1.54, 1.807) is 0 Å². The first kappa shape index (κ1) is 26.1. The van der Waals surface area contributed by atoms with Gasteiger partial charge in [0, 0.05) is 29.2 Å². The summed E-state index contributed by atoms with van der Waals surface area (Å²) >= 11 is 0. The molecule has 0 amide bonds. The van der Waals surface area contributed by atoms with Crippen LogP contribution in [0.2, 0.25) is 0 Å². The highest BCUT2D eigenvalue weighted by Crippen LogP contribution is 2.40. The van der Waals surface area contributed by atoms with E-state index in [4.69, 9.17) is 5.41 Å². The number of phenols is 1. The van der Waals surface area contributed by atoms with Gasteiger partial charge in [0.15, 0.2) is 5.78 Å². The molecule has 1 heterocycles. The number of nitrogens with one attached hydrogen (secondary N) is 1. The van der Waals surface area contributed by atoms with Crippen molar-refractivity contribution < 1.29 is 9.90 Å². The van der Waals surface area contributed by atoms with E-state index in [-0.39, 0.29) is 51.8 Å². The predicted octanol–water partition coefficient (Wildman–Crippen LogP) is 6.29. The first-order chi connectivity index (χ1) is 14.4. The van der Waals surface area contributed by atoms with Gasteiger partial charge in [-0.2, -0.15) is 0 Å². The lowest BCUT2D eigenvalue weighted by Gasteiger charge is -2.28. The number of rotatable bonds is 5. The van der Waals surface area contributed by atoms with Gasteiger partial charge in [0.25, 0.3) is 0 Å². The highest BCUT2D eigenvalue weighted by atomic mass is 79.9. The van der Waals surface area contributed by atoms with Crippen LogP contribution in [-0.4, -0.2) is 34.7 Å². The third-order valence-corrected chi connectivity index (χ3v) is 6.18. The Morgan fingerprint density at radius 2 is 1.56 bits per heavy atom. The van der Waals surface area contributed by atoms with Crippen LogP contribution in [0.5, 0.6) is 5.75 Å². The molecule has 1 atom stereocenters. The van der Waals surface area contributed by atoms with Crippen molar-refractivity contribution in [2.45, 2.75) is 65.2 Å². The van der Waals surface area contributed by atoms with Crippen LogP contribution in [0.25, 0.3) is 0 Å². The first-order valence-corrected chi connectivity index (χ1v) is 11.2. The van der Waals surface area contributed by atoms with Crippen LogP contribution >= 0.6 is 17.0 Å². The van der Waals surface area contributed by atoms with Gasteiger partial charge >= 0.3 is 0 Å². The number of benzene rings is 2. The van der Waals surface area contributed by atoms with Crippen molar-refractivity contribution in [1.29, 1.82) is 5.41 Å². The van der Waals surface area contributed by atoms with E-state index >= 15 is 0 Å². The van der Waals surface area contributed by atoms with E-state index in [1.165, 1.54) is 5.56 Å². The standard InChI is InChI=1S/C27H36N2O2.BrH/c1-26(2,3)21-15-20(16-22(24(21)31)27(4,5)6)23(30)17-29-13-12-19(25(29)28)14-18-10-8-7-9-11-18;/h7-11,15-16,19,28,31H,12-14,17H2,1-6H3;1H. The smallest absolute Gasteiger partial charge is 0.182 e. The summed E-state index contributed by atoms with van der Waals surface area (Å²) in [6.45, 7) is 13.2. The van der Waals surface area contributed by atoms with Gasteiger partial charge in [-0.3, -0.25) is 10.2 Å². The molecule has 1 fully saturated rings. The summed E-state index contributed by atoms with van der Waals surface area (Å²) in [4.78, 5) is 15.2. The van der Waals surface area contributed by atoms with E-state index in [1.807, 2.05) is 76.8 Å². The Labute approximate surface area is 203 Å². The second-order valence-electron chi connectivity index (χ2n) is 10.8. The zero-order valence-electron chi connectivity index (χ0n) is 20.2. The van der Waals surface area contributed by atoms with Gasteiger partial charge in [0.05, 0.1) is 12.4 Å². The number of hydrogen-bond acceptors (Lipinski definition) is 3. The molecule has 2 aromatic rings.